The number of benzene rings is 2. The number of amides is 1. The van der Waals surface area contributed by atoms with Gasteiger partial charge in [0.1, 0.15) is 11.5 Å². The summed E-state index contributed by atoms with van der Waals surface area (Å²) in [6.45, 7) is 0. The number of hydrogen-bond donors (Lipinski definition) is 2. The van der Waals surface area contributed by atoms with Crippen molar-refractivity contribution >= 4 is 46.5 Å². The van der Waals surface area contributed by atoms with E-state index in [4.69, 9.17) is 12.2 Å². The van der Waals surface area contributed by atoms with Crippen LogP contribution in [-0.2, 0) is 4.79 Å². The zero-order valence-electron chi connectivity index (χ0n) is 12.3. The second-order valence-electron chi connectivity index (χ2n) is 4.89. The molecule has 1 amide bonds. The Morgan fingerprint density at radius 2 is 1.79 bits per heavy atom. The Morgan fingerprint density at radius 1 is 1.08 bits per heavy atom. The number of carbonyl (C=O) groups excluding carboxylic acids is 1. The average Bonchev–Trinajstić information content (AvgIpc) is 2.83. The van der Waals surface area contributed by atoms with Crippen molar-refractivity contribution in [3.8, 4) is 11.5 Å². The van der Waals surface area contributed by atoms with Crippen LogP contribution >= 0.6 is 24.0 Å². The summed E-state index contributed by atoms with van der Waals surface area (Å²) >= 11 is 6.34. The van der Waals surface area contributed by atoms with Gasteiger partial charge in [0.2, 0.25) is 0 Å². The lowest BCUT2D eigenvalue weighted by atomic mass is 10.2. The van der Waals surface area contributed by atoms with Crippen molar-refractivity contribution < 1.29 is 15.0 Å². The summed E-state index contributed by atoms with van der Waals surface area (Å²) in [5.74, 6) is -0.0944. The first kappa shape index (κ1) is 16.2. The van der Waals surface area contributed by atoms with Gasteiger partial charge in [-0.1, -0.05) is 36.0 Å². The number of rotatable bonds is 3. The first-order chi connectivity index (χ1) is 11.5. The standard InChI is InChI=1S/C17H12N2O3S2/c20-13-7-5-11(6-8-13)9-15-16(22)19(17(23)24-15)18-10-12-3-1-2-4-14(12)21/h1-10,20-21H/b15-9+,18-10+. The molecule has 3 rings (SSSR count). The number of phenols is 2. The van der Waals surface area contributed by atoms with Crippen molar-refractivity contribution in [1.82, 2.24) is 5.01 Å². The van der Waals surface area contributed by atoms with Crippen LogP contribution in [0, 0.1) is 0 Å². The van der Waals surface area contributed by atoms with Crippen LogP contribution in [0.1, 0.15) is 11.1 Å². The van der Waals surface area contributed by atoms with Crippen molar-refractivity contribution in [3.63, 3.8) is 0 Å². The summed E-state index contributed by atoms with van der Waals surface area (Å²) in [6.07, 6.45) is 3.08. The molecular formula is C17H12N2O3S2. The van der Waals surface area contributed by atoms with Crippen LogP contribution in [0.2, 0.25) is 0 Å². The smallest absolute Gasteiger partial charge is 0.286 e. The van der Waals surface area contributed by atoms with Crippen LogP contribution in [0.15, 0.2) is 58.5 Å². The molecule has 1 fully saturated rings. The van der Waals surface area contributed by atoms with E-state index in [0.29, 0.717) is 14.8 Å². The lowest BCUT2D eigenvalue weighted by molar-refractivity contribution is -0.122. The van der Waals surface area contributed by atoms with Gasteiger partial charge in [-0.05, 0) is 48.1 Å². The maximum absolute atomic E-state index is 12.4. The van der Waals surface area contributed by atoms with Gasteiger partial charge in [-0.3, -0.25) is 4.79 Å². The molecule has 0 aliphatic carbocycles. The van der Waals surface area contributed by atoms with Crippen LogP contribution in [-0.4, -0.2) is 31.7 Å². The van der Waals surface area contributed by atoms with E-state index in [1.807, 2.05) is 0 Å². The molecule has 7 heteroatoms. The number of carbonyl (C=O) groups is 1. The topological polar surface area (TPSA) is 73.1 Å². The molecule has 1 heterocycles. The maximum atomic E-state index is 12.4. The largest absolute Gasteiger partial charge is 0.508 e. The summed E-state index contributed by atoms with van der Waals surface area (Å²) in [4.78, 5) is 12.9. The van der Waals surface area contributed by atoms with Crippen molar-refractivity contribution in [1.29, 1.82) is 0 Å². The van der Waals surface area contributed by atoms with E-state index in [2.05, 4.69) is 5.10 Å². The molecule has 1 saturated heterocycles. The molecule has 1 aliphatic rings. The molecule has 24 heavy (non-hydrogen) atoms. The van der Waals surface area contributed by atoms with E-state index in [1.54, 1.807) is 48.5 Å². The highest BCUT2D eigenvalue weighted by Gasteiger charge is 2.32. The average molecular weight is 356 g/mol. The number of nitrogens with zero attached hydrogens (tertiary/aromatic N) is 2. The minimum absolute atomic E-state index is 0.0753. The Hall–Kier alpha value is -2.64. The van der Waals surface area contributed by atoms with Crippen molar-refractivity contribution in [2.24, 2.45) is 5.10 Å². The molecule has 5 nitrogen and oxygen atoms in total. The Morgan fingerprint density at radius 3 is 2.50 bits per heavy atom. The third-order valence-electron chi connectivity index (χ3n) is 3.21. The molecule has 0 saturated carbocycles. The zero-order chi connectivity index (χ0) is 17.1. The second kappa shape index (κ2) is 6.86. The molecule has 2 aromatic carbocycles. The fourth-order valence-corrected chi connectivity index (χ4v) is 3.17. The predicted molar refractivity (Wildman–Crippen MR) is 98.8 cm³/mol. The lowest BCUT2D eigenvalue weighted by Crippen LogP contribution is -2.22. The quantitative estimate of drug-likeness (QED) is 0.501. The van der Waals surface area contributed by atoms with Gasteiger partial charge in [0.15, 0.2) is 4.32 Å². The maximum Gasteiger partial charge on any atom is 0.286 e. The van der Waals surface area contributed by atoms with Crippen molar-refractivity contribution in [2.75, 3.05) is 0 Å². The van der Waals surface area contributed by atoms with E-state index in [-0.39, 0.29) is 17.4 Å². The SMILES string of the molecule is O=C1/C(=C\c2ccc(O)cc2)SC(=S)N1/N=C/c1ccccc1O. The fraction of sp³-hybridized carbons (Fsp3) is 0. The summed E-state index contributed by atoms with van der Waals surface area (Å²) in [6, 6.07) is 13.2. The van der Waals surface area contributed by atoms with E-state index >= 15 is 0 Å². The number of aromatic hydroxyl groups is 2. The first-order valence-corrected chi connectivity index (χ1v) is 8.16. The Balaban J connectivity index is 1.82. The van der Waals surface area contributed by atoms with Gasteiger partial charge in [-0.15, -0.1) is 0 Å². The molecule has 1 aliphatic heterocycles. The molecule has 0 spiro atoms. The Labute approximate surface area is 147 Å². The molecule has 120 valence electrons. The fourth-order valence-electron chi connectivity index (χ4n) is 2.00. The van der Waals surface area contributed by atoms with Gasteiger partial charge in [0.05, 0.1) is 11.1 Å². The molecule has 0 aromatic heterocycles. The van der Waals surface area contributed by atoms with Crippen LogP contribution in [0.25, 0.3) is 6.08 Å². The van der Waals surface area contributed by atoms with Gasteiger partial charge >= 0.3 is 0 Å². The van der Waals surface area contributed by atoms with E-state index in [0.717, 1.165) is 22.3 Å². The van der Waals surface area contributed by atoms with Gasteiger partial charge in [0, 0.05) is 5.56 Å². The van der Waals surface area contributed by atoms with Gasteiger partial charge in [0.25, 0.3) is 5.91 Å². The number of hydrogen-bond acceptors (Lipinski definition) is 6. The summed E-state index contributed by atoms with van der Waals surface area (Å²) in [7, 11) is 0. The first-order valence-electron chi connectivity index (χ1n) is 6.93. The summed E-state index contributed by atoms with van der Waals surface area (Å²) in [5, 5.41) is 24.2. The highest BCUT2D eigenvalue weighted by atomic mass is 32.2. The highest BCUT2D eigenvalue weighted by molar-refractivity contribution is 8.26. The Kier molecular flexibility index (Phi) is 4.64. The van der Waals surface area contributed by atoms with Gasteiger partial charge in [-0.2, -0.15) is 10.1 Å². The number of thioether (sulfide) groups is 1. The second-order valence-corrected chi connectivity index (χ2v) is 6.56. The van der Waals surface area contributed by atoms with E-state index < -0.39 is 0 Å². The van der Waals surface area contributed by atoms with E-state index in [1.165, 1.54) is 12.3 Å². The van der Waals surface area contributed by atoms with Crippen molar-refractivity contribution in [2.45, 2.75) is 0 Å². The number of phenolic OH excluding ortho intramolecular Hbond substituents is 2. The number of para-hydroxylation sites is 1. The molecule has 0 unspecified atom stereocenters. The lowest BCUT2D eigenvalue weighted by Gasteiger charge is -2.06. The molecule has 2 N–H and O–H groups in total. The molecule has 0 radical (unpaired) electrons. The molecule has 0 atom stereocenters. The number of hydrazone groups is 1. The predicted octanol–water partition coefficient (Wildman–Crippen LogP) is 3.33. The zero-order valence-corrected chi connectivity index (χ0v) is 13.9. The van der Waals surface area contributed by atoms with Gasteiger partial charge < -0.3 is 10.2 Å². The van der Waals surface area contributed by atoms with Gasteiger partial charge in [-0.25, -0.2) is 0 Å². The summed E-state index contributed by atoms with van der Waals surface area (Å²) < 4.78 is 0.316. The van der Waals surface area contributed by atoms with Crippen molar-refractivity contribution in [3.05, 3.63) is 64.6 Å². The van der Waals surface area contributed by atoms with Crippen LogP contribution in [0.3, 0.4) is 0 Å². The Bertz CT molecular complexity index is 860. The highest BCUT2D eigenvalue weighted by Crippen LogP contribution is 2.33. The van der Waals surface area contributed by atoms with Crippen LogP contribution in [0.5, 0.6) is 11.5 Å². The molecule has 2 aromatic rings. The summed E-state index contributed by atoms with van der Waals surface area (Å²) in [5.41, 5.74) is 1.27. The molecular weight excluding hydrogens is 344 g/mol. The van der Waals surface area contributed by atoms with E-state index in [9.17, 15) is 15.0 Å². The van der Waals surface area contributed by atoms with Crippen LogP contribution < -0.4 is 0 Å². The number of thiocarbonyl (C=S) groups is 1. The normalized spacial score (nSPS) is 16.5. The third kappa shape index (κ3) is 3.47. The molecule has 0 bridgehead atoms. The minimum Gasteiger partial charge on any atom is -0.508 e. The van der Waals surface area contributed by atoms with Crippen LogP contribution in [0.4, 0.5) is 0 Å². The third-order valence-corrected chi connectivity index (χ3v) is 4.50. The minimum atomic E-state index is -0.329. The monoisotopic (exact) mass is 356 g/mol.